The topological polar surface area (TPSA) is 48.0 Å². The van der Waals surface area contributed by atoms with E-state index in [1.54, 1.807) is 16.7 Å². The quantitative estimate of drug-likeness (QED) is 0.598. The number of primary amides is 1. The molecule has 0 saturated carbocycles. The summed E-state index contributed by atoms with van der Waals surface area (Å²) in [6.07, 6.45) is 0. The molecule has 1 amide bonds. The second-order valence-corrected chi connectivity index (χ2v) is 5.87. The van der Waals surface area contributed by atoms with Crippen LogP contribution in [0.15, 0.2) is 60.7 Å². The second kappa shape index (κ2) is 5.70. The number of fused-ring (bicyclic) bond motifs is 3. The van der Waals surface area contributed by atoms with Gasteiger partial charge in [0.05, 0.1) is 12.1 Å². The first kappa shape index (κ1) is 15.3. The number of hydrogen-bond donors (Lipinski definition) is 1. The van der Waals surface area contributed by atoms with Gasteiger partial charge in [-0.05, 0) is 30.3 Å². The summed E-state index contributed by atoms with van der Waals surface area (Å²) in [5.41, 5.74) is 7.38. The first-order valence-corrected chi connectivity index (χ1v) is 7.80. The maximum absolute atomic E-state index is 14.1. The van der Waals surface area contributed by atoms with E-state index in [0.29, 0.717) is 16.5 Å². The molecule has 3 nitrogen and oxygen atoms in total. The Morgan fingerprint density at radius 1 is 0.880 bits per heavy atom. The minimum absolute atomic E-state index is 0.0186. The van der Waals surface area contributed by atoms with Crippen LogP contribution in [0.3, 0.4) is 0 Å². The Bertz CT molecular complexity index is 1110. The Labute approximate surface area is 142 Å². The van der Waals surface area contributed by atoms with Gasteiger partial charge < -0.3 is 10.3 Å². The highest BCUT2D eigenvalue weighted by Gasteiger charge is 2.18. The Kier molecular flexibility index (Phi) is 3.50. The third-order valence-electron chi connectivity index (χ3n) is 4.44. The fraction of sp³-hybridized carbons (Fsp3) is 0.0500. The van der Waals surface area contributed by atoms with E-state index in [0.717, 1.165) is 10.9 Å². The highest BCUT2D eigenvalue weighted by molar-refractivity contribution is 6.17. The van der Waals surface area contributed by atoms with Gasteiger partial charge in [-0.25, -0.2) is 8.78 Å². The summed E-state index contributed by atoms with van der Waals surface area (Å²) < 4.78 is 30.0. The highest BCUT2D eigenvalue weighted by Crippen LogP contribution is 2.32. The molecular weight excluding hydrogens is 322 g/mol. The lowest BCUT2D eigenvalue weighted by molar-refractivity contribution is 0.100. The third kappa shape index (κ3) is 2.36. The fourth-order valence-corrected chi connectivity index (χ4v) is 3.32. The van der Waals surface area contributed by atoms with Crippen LogP contribution >= 0.6 is 0 Å². The summed E-state index contributed by atoms with van der Waals surface area (Å²) in [6, 6.07) is 16.4. The Balaban J connectivity index is 2.06. The summed E-state index contributed by atoms with van der Waals surface area (Å²) in [6.45, 7) is 0.0186. The Morgan fingerprint density at radius 3 is 2.24 bits per heavy atom. The minimum atomic E-state index is -0.600. The van der Waals surface area contributed by atoms with Crippen molar-refractivity contribution in [2.24, 2.45) is 5.73 Å². The first-order valence-electron chi connectivity index (χ1n) is 7.80. The van der Waals surface area contributed by atoms with Crippen molar-refractivity contribution in [3.63, 3.8) is 0 Å². The largest absolute Gasteiger partial charge is 0.366 e. The molecule has 1 aromatic heterocycles. The number of para-hydroxylation sites is 1. The van der Waals surface area contributed by atoms with Crippen LogP contribution < -0.4 is 5.73 Å². The smallest absolute Gasteiger partial charge is 0.249 e. The molecule has 0 aliphatic carbocycles. The van der Waals surface area contributed by atoms with Crippen LogP contribution in [-0.2, 0) is 6.54 Å². The van der Waals surface area contributed by atoms with Gasteiger partial charge in [-0.2, -0.15) is 0 Å². The molecule has 0 aliphatic heterocycles. The maximum Gasteiger partial charge on any atom is 0.249 e. The molecule has 0 aliphatic rings. The molecule has 25 heavy (non-hydrogen) atoms. The third-order valence-corrected chi connectivity index (χ3v) is 4.44. The summed E-state index contributed by atoms with van der Waals surface area (Å²) in [5.74, 6) is -1.74. The van der Waals surface area contributed by atoms with Crippen molar-refractivity contribution in [2.75, 3.05) is 0 Å². The first-order chi connectivity index (χ1) is 12.1. The van der Waals surface area contributed by atoms with Crippen molar-refractivity contribution < 1.29 is 13.6 Å². The van der Waals surface area contributed by atoms with Crippen LogP contribution in [0.25, 0.3) is 21.8 Å². The number of carbonyl (C=O) groups is 1. The highest BCUT2D eigenvalue weighted by atomic mass is 19.1. The van der Waals surface area contributed by atoms with Crippen LogP contribution in [0.1, 0.15) is 15.9 Å². The second-order valence-electron chi connectivity index (χ2n) is 5.87. The van der Waals surface area contributed by atoms with E-state index in [9.17, 15) is 13.6 Å². The minimum Gasteiger partial charge on any atom is -0.366 e. The van der Waals surface area contributed by atoms with Gasteiger partial charge in [-0.15, -0.1) is 0 Å². The van der Waals surface area contributed by atoms with Gasteiger partial charge in [-0.3, -0.25) is 4.79 Å². The van der Waals surface area contributed by atoms with Crippen molar-refractivity contribution in [1.29, 1.82) is 0 Å². The predicted molar refractivity (Wildman–Crippen MR) is 93.4 cm³/mol. The predicted octanol–water partition coefficient (Wildman–Crippen LogP) is 4.22. The molecule has 0 spiro atoms. The van der Waals surface area contributed by atoms with Gasteiger partial charge >= 0.3 is 0 Å². The molecule has 0 radical (unpaired) electrons. The lowest BCUT2D eigenvalue weighted by atomic mass is 10.1. The number of nitrogens with zero attached hydrogens (tertiary/aromatic N) is 1. The van der Waals surface area contributed by atoms with Crippen LogP contribution in [0.2, 0.25) is 0 Å². The van der Waals surface area contributed by atoms with E-state index >= 15 is 0 Å². The monoisotopic (exact) mass is 336 g/mol. The van der Waals surface area contributed by atoms with E-state index in [-0.39, 0.29) is 12.1 Å². The van der Waals surface area contributed by atoms with Crippen molar-refractivity contribution in [2.45, 2.75) is 6.54 Å². The van der Waals surface area contributed by atoms with Crippen LogP contribution in [0.4, 0.5) is 8.78 Å². The Hall–Kier alpha value is -3.21. The van der Waals surface area contributed by atoms with Crippen LogP contribution in [-0.4, -0.2) is 10.5 Å². The standard InChI is InChI=1S/C20H14F2N2O/c21-15-7-4-8-16(22)14(15)11-24-17-9-2-1-5-12(17)19-13(20(23)25)6-3-10-18(19)24/h1-10H,11H2,(H2,23,25). The zero-order valence-corrected chi connectivity index (χ0v) is 13.2. The fourth-order valence-electron chi connectivity index (χ4n) is 3.32. The molecule has 0 bridgehead atoms. The number of amides is 1. The molecule has 0 saturated heterocycles. The van der Waals surface area contributed by atoms with E-state index in [4.69, 9.17) is 5.73 Å². The van der Waals surface area contributed by atoms with Gasteiger partial charge in [0, 0.05) is 27.4 Å². The molecule has 0 atom stereocenters. The summed E-state index contributed by atoms with van der Waals surface area (Å²) in [7, 11) is 0. The van der Waals surface area contributed by atoms with E-state index in [1.807, 2.05) is 30.3 Å². The summed E-state index contributed by atoms with van der Waals surface area (Å²) in [4.78, 5) is 11.8. The molecule has 2 N–H and O–H groups in total. The van der Waals surface area contributed by atoms with Gasteiger partial charge in [0.15, 0.2) is 0 Å². The number of halogens is 2. The number of benzene rings is 3. The number of nitrogens with two attached hydrogens (primary N) is 1. The van der Waals surface area contributed by atoms with Crippen molar-refractivity contribution in [3.8, 4) is 0 Å². The molecule has 1 heterocycles. The van der Waals surface area contributed by atoms with Crippen molar-refractivity contribution in [3.05, 3.63) is 83.4 Å². The SMILES string of the molecule is NC(=O)c1cccc2c1c1ccccc1n2Cc1c(F)cccc1F. The zero-order valence-electron chi connectivity index (χ0n) is 13.2. The average Bonchev–Trinajstić information content (AvgIpc) is 2.92. The summed E-state index contributed by atoms with van der Waals surface area (Å²) in [5, 5.41) is 1.52. The molecule has 3 aromatic carbocycles. The number of carbonyl (C=O) groups excluding carboxylic acids is 1. The molecule has 124 valence electrons. The lowest BCUT2D eigenvalue weighted by Crippen LogP contribution is -2.11. The van der Waals surface area contributed by atoms with Crippen LogP contribution in [0.5, 0.6) is 0 Å². The molecule has 0 unspecified atom stereocenters. The molecular formula is C20H14F2N2O. The van der Waals surface area contributed by atoms with Gasteiger partial charge in [0.2, 0.25) is 5.91 Å². The molecule has 4 rings (SSSR count). The van der Waals surface area contributed by atoms with E-state index in [2.05, 4.69) is 0 Å². The summed E-state index contributed by atoms with van der Waals surface area (Å²) >= 11 is 0. The number of rotatable bonds is 3. The lowest BCUT2D eigenvalue weighted by Gasteiger charge is -2.10. The molecule has 0 fully saturated rings. The number of aromatic nitrogens is 1. The molecule has 4 aromatic rings. The van der Waals surface area contributed by atoms with Crippen molar-refractivity contribution in [1.82, 2.24) is 4.57 Å². The van der Waals surface area contributed by atoms with E-state index in [1.165, 1.54) is 18.2 Å². The van der Waals surface area contributed by atoms with Crippen LogP contribution in [0, 0.1) is 11.6 Å². The van der Waals surface area contributed by atoms with Gasteiger partial charge in [0.1, 0.15) is 11.6 Å². The van der Waals surface area contributed by atoms with E-state index < -0.39 is 17.5 Å². The normalized spacial score (nSPS) is 11.3. The van der Waals surface area contributed by atoms with Gasteiger partial charge in [0.25, 0.3) is 0 Å². The average molecular weight is 336 g/mol. The maximum atomic E-state index is 14.1. The Morgan fingerprint density at radius 2 is 1.52 bits per heavy atom. The zero-order chi connectivity index (χ0) is 17.6. The number of hydrogen-bond acceptors (Lipinski definition) is 1. The van der Waals surface area contributed by atoms with Crippen molar-refractivity contribution >= 4 is 27.7 Å². The van der Waals surface area contributed by atoms with Gasteiger partial charge in [-0.1, -0.05) is 30.3 Å². The molecule has 5 heteroatoms.